The Labute approximate surface area is 151 Å². The zero-order valence-electron chi connectivity index (χ0n) is 14.9. The smallest absolute Gasteiger partial charge is 0.328 e. The molecule has 0 radical (unpaired) electrons. The lowest BCUT2D eigenvalue weighted by Crippen LogP contribution is -2.35. The first-order valence-corrected chi connectivity index (χ1v) is 8.40. The van der Waals surface area contributed by atoms with E-state index >= 15 is 0 Å². The minimum Gasteiger partial charge on any atom is -0.478 e. The van der Waals surface area contributed by atoms with Crippen LogP contribution in [0.1, 0.15) is 24.6 Å². The number of nitrogens with one attached hydrogen (secondary N) is 2. The molecule has 1 atom stereocenters. The average molecular weight is 360 g/mol. The zero-order valence-corrected chi connectivity index (χ0v) is 14.9. The molecule has 0 aliphatic carbocycles. The number of carboxylic acids is 2. The van der Waals surface area contributed by atoms with E-state index in [1.54, 1.807) is 0 Å². The molecule has 1 unspecified atom stereocenters. The number of fused-ring (bicyclic) bond motifs is 3. The molecule has 0 bridgehead atoms. The van der Waals surface area contributed by atoms with Crippen LogP contribution in [0.4, 0.5) is 0 Å². The Balaban J connectivity index is 0.000000260. The standard InChI is InChI=1S/C15H20N2O.C4H4O4/c1-15(8-9-16-2)14-12(7-10-18-15)11-5-3-4-6-13(11)17-14;5-3(6)1-2-4(7)8/h3-6,16-17H,7-10H2,1-2H3;1-2H,(H,5,6)(H,7,8)/b;2-1+. The van der Waals surface area contributed by atoms with Gasteiger partial charge in [-0.2, -0.15) is 0 Å². The lowest BCUT2D eigenvalue weighted by Gasteiger charge is -2.34. The summed E-state index contributed by atoms with van der Waals surface area (Å²) in [4.78, 5) is 22.7. The first-order valence-electron chi connectivity index (χ1n) is 8.40. The molecule has 1 aliphatic heterocycles. The molecule has 7 heteroatoms. The molecule has 7 nitrogen and oxygen atoms in total. The van der Waals surface area contributed by atoms with E-state index < -0.39 is 11.9 Å². The fourth-order valence-electron chi connectivity index (χ4n) is 3.06. The Morgan fingerprint density at radius 3 is 2.54 bits per heavy atom. The van der Waals surface area contributed by atoms with Gasteiger partial charge in [0.15, 0.2) is 0 Å². The minimum atomic E-state index is -1.26. The Bertz CT molecular complexity index is 795. The van der Waals surface area contributed by atoms with Crippen LogP contribution < -0.4 is 5.32 Å². The lowest BCUT2D eigenvalue weighted by molar-refractivity contribution is -0.134. The van der Waals surface area contributed by atoms with Gasteiger partial charge in [0.05, 0.1) is 12.3 Å². The number of rotatable bonds is 5. The number of aliphatic carboxylic acids is 2. The van der Waals surface area contributed by atoms with Crippen molar-refractivity contribution in [3.05, 3.63) is 47.7 Å². The van der Waals surface area contributed by atoms with E-state index in [-0.39, 0.29) is 5.60 Å². The largest absolute Gasteiger partial charge is 0.478 e. The minimum absolute atomic E-state index is 0.185. The predicted molar refractivity (Wildman–Crippen MR) is 98.3 cm³/mol. The molecule has 0 fully saturated rings. The molecule has 1 aliphatic rings. The second-order valence-electron chi connectivity index (χ2n) is 6.22. The maximum atomic E-state index is 9.55. The second-order valence-corrected chi connectivity index (χ2v) is 6.22. The summed E-state index contributed by atoms with van der Waals surface area (Å²) in [7, 11) is 1.98. The van der Waals surface area contributed by atoms with Crippen molar-refractivity contribution in [1.82, 2.24) is 10.3 Å². The molecular formula is C19H24N2O5. The number of hydrogen-bond donors (Lipinski definition) is 4. The molecule has 0 saturated heterocycles. The van der Waals surface area contributed by atoms with E-state index in [1.807, 2.05) is 7.05 Å². The van der Waals surface area contributed by atoms with Crippen molar-refractivity contribution in [3.63, 3.8) is 0 Å². The number of carbonyl (C=O) groups is 2. The number of aromatic amines is 1. The number of para-hydroxylation sites is 1. The van der Waals surface area contributed by atoms with Crippen LogP contribution in [0.15, 0.2) is 36.4 Å². The maximum absolute atomic E-state index is 9.55. The number of hydrogen-bond acceptors (Lipinski definition) is 4. The molecular weight excluding hydrogens is 336 g/mol. The molecule has 0 spiro atoms. The number of ether oxygens (including phenoxy) is 1. The lowest BCUT2D eigenvalue weighted by atomic mass is 9.90. The van der Waals surface area contributed by atoms with Gasteiger partial charge >= 0.3 is 11.9 Å². The SMILES string of the molecule is CNCCC1(C)OCCc2c1[nH]c1ccccc21.O=C(O)/C=C/C(=O)O. The van der Waals surface area contributed by atoms with Gasteiger partial charge < -0.3 is 25.3 Å². The van der Waals surface area contributed by atoms with E-state index in [9.17, 15) is 9.59 Å². The topological polar surface area (TPSA) is 112 Å². The monoisotopic (exact) mass is 360 g/mol. The van der Waals surface area contributed by atoms with Crippen LogP contribution in [0, 0.1) is 0 Å². The number of H-pyrrole nitrogens is 1. The summed E-state index contributed by atoms with van der Waals surface area (Å²) in [6.45, 7) is 3.97. The highest BCUT2D eigenvalue weighted by atomic mass is 16.5. The van der Waals surface area contributed by atoms with Crippen molar-refractivity contribution in [2.45, 2.75) is 25.4 Å². The van der Waals surface area contributed by atoms with Crippen molar-refractivity contribution in [2.75, 3.05) is 20.2 Å². The van der Waals surface area contributed by atoms with Gasteiger partial charge in [-0.1, -0.05) is 18.2 Å². The third-order valence-electron chi connectivity index (χ3n) is 4.34. The van der Waals surface area contributed by atoms with Crippen LogP contribution in [0.3, 0.4) is 0 Å². The Morgan fingerprint density at radius 1 is 1.27 bits per heavy atom. The van der Waals surface area contributed by atoms with Crippen LogP contribution >= 0.6 is 0 Å². The van der Waals surface area contributed by atoms with E-state index in [2.05, 4.69) is 41.5 Å². The normalized spacial score (nSPS) is 19.0. The first-order chi connectivity index (χ1) is 12.4. The number of benzene rings is 1. The molecule has 2 aromatic rings. The fraction of sp³-hybridized carbons (Fsp3) is 0.368. The maximum Gasteiger partial charge on any atom is 0.328 e. The highest BCUT2D eigenvalue weighted by molar-refractivity contribution is 5.89. The van der Waals surface area contributed by atoms with Gasteiger partial charge in [0.1, 0.15) is 5.60 Å². The fourth-order valence-corrected chi connectivity index (χ4v) is 3.06. The van der Waals surface area contributed by atoms with Crippen LogP contribution in [-0.2, 0) is 26.3 Å². The second kappa shape index (κ2) is 8.64. The van der Waals surface area contributed by atoms with E-state index in [1.165, 1.54) is 22.2 Å². The van der Waals surface area contributed by atoms with Crippen LogP contribution in [-0.4, -0.2) is 47.3 Å². The van der Waals surface area contributed by atoms with E-state index in [0.29, 0.717) is 12.2 Å². The Kier molecular flexibility index (Phi) is 6.54. The highest BCUT2D eigenvalue weighted by Crippen LogP contribution is 2.38. The van der Waals surface area contributed by atoms with Crippen LogP contribution in [0.25, 0.3) is 10.9 Å². The average Bonchev–Trinajstić information content (AvgIpc) is 3.00. The molecule has 0 amide bonds. The summed E-state index contributed by atoms with van der Waals surface area (Å²) in [5.41, 5.74) is 3.75. The van der Waals surface area contributed by atoms with Gasteiger partial charge in [0.25, 0.3) is 0 Å². The van der Waals surface area contributed by atoms with E-state index in [4.69, 9.17) is 14.9 Å². The van der Waals surface area contributed by atoms with Crippen molar-refractivity contribution in [1.29, 1.82) is 0 Å². The Hall–Kier alpha value is -2.64. The Morgan fingerprint density at radius 2 is 1.92 bits per heavy atom. The third-order valence-corrected chi connectivity index (χ3v) is 4.34. The molecule has 3 rings (SSSR count). The molecule has 140 valence electrons. The molecule has 1 aromatic heterocycles. The number of aromatic nitrogens is 1. The van der Waals surface area contributed by atoms with Crippen molar-refractivity contribution < 1.29 is 24.5 Å². The first kappa shape index (κ1) is 19.7. The third kappa shape index (κ3) is 4.71. The van der Waals surface area contributed by atoms with Gasteiger partial charge in [-0.3, -0.25) is 0 Å². The van der Waals surface area contributed by atoms with Crippen LogP contribution in [0.5, 0.6) is 0 Å². The summed E-state index contributed by atoms with van der Waals surface area (Å²) in [6.07, 6.45) is 3.11. The van der Waals surface area contributed by atoms with Gasteiger partial charge in [0.2, 0.25) is 0 Å². The molecule has 0 saturated carbocycles. The highest BCUT2D eigenvalue weighted by Gasteiger charge is 2.35. The van der Waals surface area contributed by atoms with Gasteiger partial charge in [-0.05, 0) is 45.0 Å². The van der Waals surface area contributed by atoms with Gasteiger partial charge in [-0.15, -0.1) is 0 Å². The molecule has 26 heavy (non-hydrogen) atoms. The zero-order chi connectivity index (χ0) is 19.2. The van der Waals surface area contributed by atoms with Gasteiger partial charge in [-0.25, -0.2) is 9.59 Å². The van der Waals surface area contributed by atoms with Crippen molar-refractivity contribution in [3.8, 4) is 0 Å². The summed E-state index contributed by atoms with van der Waals surface area (Å²) in [5, 5.41) is 20.2. The summed E-state index contributed by atoms with van der Waals surface area (Å²) in [5.74, 6) is -2.51. The van der Waals surface area contributed by atoms with Gasteiger partial charge in [0, 0.05) is 23.1 Å². The van der Waals surface area contributed by atoms with Crippen molar-refractivity contribution in [2.24, 2.45) is 0 Å². The van der Waals surface area contributed by atoms with Crippen LogP contribution in [0.2, 0.25) is 0 Å². The summed E-state index contributed by atoms with van der Waals surface area (Å²) < 4.78 is 6.05. The van der Waals surface area contributed by atoms with E-state index in [0.717, 1.165) is 26.0 Å². The van der Waals surface area contributed by atoms with Crippen molar-refractivity contribution >= 4 is 22.8 Å². The summed E-state index contributed by atoms with van der Waals surface area (Å²) in [6, 6.07) is 8.54. The number of carboxylic acid groups (broad SMARTS) is 2. The molecule has 1 aromatic carbocycles. The molecule has 4 N–H and O–H groups in total. The molecule has 2 heterocycles. The predicted octanol–water partition coefficient (Wildman–Crippen LogP) is 2.28. The quantitative estimate of drug-likeness (QED) is 0.609. The summed E-state index contributed by atoms with van der Waals surface area (Å²) >= 11 is 0.